The van der Waals surface area contributed by atoms with E-state index >= 15 is 0 Å². The van der Waals surface area contributed by atoms with Gasteiger partial charge in [0.1, 0.15) is 22.7 Å². The number of rotatable bonds is 4. The zero-order valence-corrected chi connectivity index (χ0v) is 18.8. The van der Waals surface area contributed by atoms with Crippen molar-refractivity contribution >= 4 is 27.8 Å². The minimum atomic E-state index is 0.188. The van der Waals surface area contributed by atoms with E-state index in [9.17, 15) is 0 Å². The summed E-state index contributed by atoms with van der Waals surface area (Å²) < 4.78 is 1.97. The molecule has 7 rings (SSSR count). The van der Waals surface area contributed by atoms with Crippen molar-refractivity contribution in [1.29, 1.82) is 0 Å². The highest BCUT2D eigenvalue weighted by Gasteiger charge is 2.25. The van der Waals surface area contributed by atoms with Crippen molar-refractivity contribution in [2.24, 2.45) is 5.73 Å². The smallest absolute Gasteiger partial charge is 0.147 e. The molecule has 1 saturated heterocycles. The van der Waals surface area contributed by atoms with Crippen LogP contribution < -0.4 is 10.6 Å². The van der Waals surface area contributed by atoms with E-state index in [0.29, 0.717) is 5.69 Å². The maximum atomic E-state index is 5.93. The summed E-state index contributed by atoms with van der Waals surface area (Å²) >= 11 is 0. The number of aromatic amines is 2. The molecular formula is C24H21N11. The molecule has 4 N–H and O–H groups in total. The number of imidazole rings is 1. The van der Waals surface area contributed by atoms with E-state index in [4.69, 9.17) is 15.7 Å². The second-order valence-corrected chi connectivity index (χ2v) is 8.82. The molecule has 1 fully saturated rings. The first-order valence-corrected chi connectivity index (χ1v) is 11.3. The van der Waals surface area contributed by atoms with Crippen LogP contribution in [0.2, 0.25) is 0 Å². The van der Waals surface area contributed by atoms with E-state index in [1.165, 1.54) is 0 Å². The molecule has 172 valence electrons. The Bertz CT molecular complexity index is 1700. The molecule has 1 aliphatic heterocycles. The molecule has 7 heterocycles. The average molecular weight is 464 g/mol. The molecule has 0 bridgehead atoms. The number of aryl methyl sites for hydroxylation is 1. The first kappa shape index (κ1) is 19.8. The van der Waals surface area contributed by atoms with Crippen LogP contribution in [-0.4, -0.2) is 63.8 Å². The molecule has 6 aromatic heterocycles. The molecular weight excluding hydrogens is 442 g/mol. The molecule has 0 atom stereocenters. The zero-order valence-electron chi connectivity index (χ0n) is 18.8. The van der Waals surface area contributed by atoms with Gasteiger partial charge in [0.25, 0.3) is 0 Å². The Kier molecular flexibility index (Phi) is 4.20. The van der Waals surface area contributed by atoms with E-state index in [0.717, 1.165) is 69.3 Å². The molecule has 35 heavy (non-hydrogen) atoms. The predicted molar refractivity (Wildman–Crippen MR) is 132 cm³/mol. The number of H-pyrrole nitrogens is 2. The highest BCUT2D eigenvalue weighted by molar-refractivity contribution is 5.96. The molecule has 0 unspecified atom stereocenters. The summed E-state index contributed by atoms with van der Waals surface area (Å²) in [6.07, 6.45) is 10.9. The number of nitrogens with two attached hydrogens (primary N) is 1. The van der Waals surface area contributed by atoms with Gasteiger partial charge in [-0.05, 0) is 25.1 Å². The van der Waals surface area contributed by atoms with Crippen molar-refractivity contribution in [2.45, 2.75) is 13.0 Å². The van der Waals surface area contributed by atoms with Gasteiger partial charge in [0.15, 0.2) is 0 Å². The minimum absolute atomic E-state index is 0.188. The van der Waals surface area contributed by atoms with Crippen molar-refractivity contribution in [1.82, 2.24) is 44.7 Å². The van der Waals surface area contributed by atoms with Gasteiger partial charge < -0.3 is 20.2 Å². The van der Waals surface area contributed by atoms with Crippen LogP contribution in [0.5, 0.6) is 0 Å². The monoisotopic (exact) mass is 463 g/mol. The van der Waals surface area contributed by atoms with Gasteiger partial charge in [-0.3, -0.25) is 15.1 Å². The van der Waals surface area contributed by atoms with Gasteiger partial charge in [0.2, 0.25) is 0 Å². The van der Waals surface area contributed by atoms with Gasteiger partial charge in [0.05, 0.1) is 64.9 Å². The van der Waals surface area contributed by atoms with Crippen LogP contribution in [0.1, 0.15) is 5.69 Å². The third-order valence-corrected chi connectivity index (χ3v) is 6.30. The van der Waals surface area contributed by atoms with Crippen LogP contribution >= 0.6 is 0 Å². The lowest BCUT2D eigenvalue weighted by Crippen LogP contribution is -2.56. The third kappa shape index (κ3) is 3.24. The van der Waals surface area contributed by atoms with Crippen LogP contribution in [0, 0.1) is 6.92 Å². The largest absolute Gasteiger partial charge is 0.352 e. The summed E-state index contributed by atoms with van der Waals surface area (Å²) in [7, 11) is 0. The van der Waals surface area contributed by atoms with Gasteiger partial charge in [-0.25, -0.2) is 15.0 Å². The molecule has 0 spiro atoms. The second kappa shape index (κ2) is 7.43. The molecule has 0 radical (unpaired) electrons. The quantitative estimate of drug-likeness (QED) is 0.362. The number of aromatic nitrogens is 9. The summed E-state index contributed by atoms with van der Waals surface area (Å²) in [5.41, 5.74) is 13.3. The lowest BCUT2D eigenvalue weighted by molar-refractivity contribution is 0.514. The molecule has 11 nitrogen and oxygen atoms in total. The molecule has 11 heteroatoms. The second-order valence-electron chi connectivity index (χ2n) is 8.82. The Labute approximate surface area is 199 Å². The zero-order chi connectivity index (χ0) is 23.5. The molecule has 6 aromatic rings. The molecule has 0 aromatic carbocycles. The molecule has 0 aliphatic carbocycles. The van der Waals surface area contributed by atoms with Crippen molar-refractivity contribution in [3.05, 3.63) is 61.2 Å². The van der Waals surface area contributed by atoms with Gasteiger partial charge in [0, 0.05) is 30.7 Å². The number of nitrogens with zero attached hydrogens (tertiary/aromatic N) is 8. The highest BCUT2D eigenvalue weighted by Crippen LogP contribution is 2.31. The topological polar surface area (TPSA) is 143 Å². The number of fused-ring (bicyclic) bond motifs is 2. The maximum absolute atomic E-state index is 5.93. The van der Waals surface area contributed by atoms with E-state index < -0.39 is 0 Å². The fraction of sp³-hybridized carbons (Fsp3) is 0.167. The van der Waals surface area contributed by atoms with E-state index in [-0.39, 0.29) is 6.04 Å². The lowest BCUT2D eigenvalue weighted by Gasteiger charge is -2.37. The number of anilines is 1. The fourth-order valence-electron chi connectivity index (χ4n) is 4.48. The lowest BCUT2D eigenvalue weighted by atomic mass is 10.1. The molecule has 0 saturated carbocycles. The van der Waals surface area contributed by atoms with Gasteiger partial charge >= 0.3 is 0 Å². The standard InChI is InChI=1S/C24H21N11/c1-13-9-35(12-28-13)21-7-26-5-19-15(21)4-18(29-19)24-23-17(32-33-24)3-2-16(31-23)20-6-27-8-22(30-20)34-10-14(25)11-34/h2-9,12,14,29H,10-11,25H2,1H3,(H,32,33). The number of hydrogen-bond donors (Lipinski definition) is 3. The third-order valence-electron chi connectivity index (χ3n) is 6.30. The number of pyridine rings is 2. The molecule has 0 amide bonds. The maximum Gasteiger partial charge on any atom is 0.147 e. The van der Waals surface area contributed by atoms with Crippen LogP contribution in [0.4, 0.5) is 5.82 Å². The Morgan fingerprint density at radius 2 is 1.89 bits per heavy atom. The van der Waals surface area contributed by atoms with E-state index in [2.05, 4.69) is 41.1 Å². The summed E-state index contributed by atoms with van der Waals surface area (Å²) in [5.74, 6) is 0.809. The fourth-order valence-corrected chi connectivity index (χ4v) is 4.48. The van der Waals surface area contributed by atoms with Crippen molar-refractivity contribution in [3.8, 4) is 28.5 Å². The highest BCUT2D eigenvalue weighted by atomic mass is 15.3. The van der Waals surface area contributed by atoms with E-state index in [1.807, 2.05) is 42.2 Å². The Morgan fingerprint density at radius 3 is 2.71 bits per heavy atom. The van der Waals surface area contributed by atoms with Crippen LogP contribution in [0.3, 0.4) is 0 Å². The molecule has 1 aliphatic rings. The average Bonchev–Trinajstić information content (AvgIpc) is 3.59. The van der Waals surface area contributed by atoms with Gasteiger partial charge in [-0.15, -0.1) is 0 Å². The normalized spacial score (nSPS) is 14.2. The Balaban J connectivity index is 1.31. The number of nitrogens with one attached hydrogen (secondary N) is 2. The summed E-state index contributed by atoms with van der Waals surface area (Å²) in [6, 6.07) is 6.15. The van der Waals surface area contributed by atoms with Crippen LogP contribution in [-0.2, 0) is 0 Å². The predicted octanol–water partition coefficient (Wildman–Crippen LogP) is 2.60. The van der Waals surface area contributed by atoms with E-state index in [1.54, 1.807) is 18.7 Å². The van der Waals surface area contributed by atoms with Crippen molar-refractivity contribution < 1.29 is 0 Å². The van der Waals surface area contributed by atoms with Gasteiger partial charge in [-0.1, -0.05) is 0 Å². The van der Waals surface area contributed by atoms with Crippen molar-refractivity contribution in [2.75, 3.05) is 18.0 Å². The SMILES string of the molecule is Cc1cn(-c2cncc3[nH]c(-c4n[nH]c5ccc(-c6cncc(N7CC(N)C7)n6)nc45)cc23)cn1. The van der Waals surface area contributed by atoms with Crippen molar-refractivity contribution in [3.63, 3.8) is 0 Å². The van der Waals surface area contributed by atoms with Crippen LogP contribution in [0.25, 0.3) is 50.4 Å². The summed E-state index contributed by atoms with van der Waals surface area (Å²) in [6.45, 7) is 3.53. The minimum Gasteiger partial charge on any atom is -0.352 e. The summed E-state index contributed by atoms with van der Waals surface area (Å²) in [4.78, 5) is 28.3. The first-order chi connectivity index (χ1) is 17.1. The first-order valence-electron chi connectivity index (χ1n) is 11.3. The van der Waals surface area contributed by atoms with Gasteiger partial charge in [-0.2, -0.15) is 5.10 Å². The summed E-state index contributed by atoms with van der Waals surface area (Å²) in [5, 5.41) is 8.67. The van der Waals surface area contributed by atoms with Crippen LogP contribution in [0.15, 0.2) is 55.5 Å². The Hall–Kier alpha value is -4.64. The Morgan fingerprint density at radius 1 is 1.00 bits per heavy atom. The number of hydrogen-bond acceptors (Lipinski definition) is 8.